The fourth-order valence-electron chi connectivity index (χ4n) is 1.60. The van der Waals surface area contributed by atoms with Crippen LogP contribution in [0.15, 0.2) is 24.3 Å². The summed E-state index contributed by atoms with van der Waals surface area (Å²) in [6, 6.07) is 5.85. The monoisotopic (exact) mass is 299 g/mol. The Labute approximate surface area is 122 Å². The molecular weight excluding hydrogens is 282 g/mol. The van der Waals surface area contributed by atoms with E-state index < -0.39 is 17.9 Å². The van der Waals surface area contributed by atoms with Crippen molar-refractivity contribution in [2.75, 3.05) is 6.61 Å². The molecule has 1 aromatic carbocycles. The Morgan fingerprint density at radius 1 is 1.40 bits per heavy atom. The van der Waals surface area contributed by atoms with Crippen molar-refractivity contribution in [1.29, 1.82) is 0 Å². The SMILES string of the molecule is CC[C@H](C)[C@H](NC(=O)COc1ccccc1Cl)C(=O)O. The third kappa shape index (κ3) is 4.74. The summed E-state index contributed by atoms with van der Waals surface area (Å²) in [6.45, 7) is 3.37. The molecule has 0 fully saturated rings. The van der Waals surface area contributed by atoms with Gasteiger partial charge in [0.1, 0.15) is 11.8 Å². The van der Waals surface area contributed by atoms with Gasteiger partial charge in [0.25, 0.3) is 5.91 Å². The molecule has 0 saturated heterocycles. The van der Waals surface area contributed by atoms with Gasteiger partial charge in [0.15, 0.2) is 6.61 Å². The van der Waals surface area contributed by atoms with Crippen molar-refractivity contribution in [2.45, 2.75) is 26.3 Å². The molecule has 0 aliphatic heterocycles. The molecule has 0 aromatic heterocycles. The first-order valence-electron chi connectivity index (χ1n) is 6.35. The van der Waals surface area contributed by atoms with E-state index in [0.29, 0.717) is 17.2 Å². The van der Waals surface area contributed by atoms with Gasteiger partial charge in [-0.1, -0.05) is 44.0 Å². The lowest BCUT2D eigenvalue weighted by atomic mass is 9.99. The van der Waals surface area contributed by atoms with E-state index in [9.17, 15) is 9.59 Å². The second kappa shape index (κ2) is 7.75. The molecule has 0 radical (unpaired) electrons. The fraction of sp³-hybridized carbons (Fsp3) is 0.429. The van der Waals surface area contributed by atoms with E-state index in [1.807, 2.05) is 6.92 Å². The van der Waals surface area contributed by atoms with Crippen LogP contribution in [0.1, 0.15) is 20.3 Å². The number of carboxylic acid groups (broad SMARTS) is 1. The second-order valence-electron chi connectivity index (χ2n) is 4.49. The Bertz CT molecular complexity index is 478. The Kier molecular flexibility index (Phi) is 6.31. The molecule has 1 amide bonds. The Morgan fingerprint density at radius 2 is 2.05 bits per heavy atom. The van der Waals surface area contributed by atoms with Crippen molar-refractivity contribution in [2.24, 2.45) is 5.92 Å². The number of benzene rings is 1. The Morgan fingerprint density at radius 3 is 2.60 bits per heavy atom. The lowest BCUT2D eigenvalue weighted by Crippen LogP contribution is -2.46. The van der Waals surface area contributed by atoms with Crippen LogP contribution in [0.25, 0.3) is 0 Å². The summed E-state index contributed by atoms with van der Waals surface area (Å²) in [7, 11) is 0. The summed E-state index contributed by atoms with van der Waals surface area (Å²) >= 11 is 5.89. The smallest absolute Gasteiger partial charge is 0.326 e. The molecular formula is C14H18ClNO4. The van der Waals surface area contributed by atoms with Gasteiger partial charge in [-0.15, -0.1) is 0 Å². The van der Waals surface area contributed by atoms with E-state index in [-0.39, 0.29) is 12.5 Å². The predicted molar refractivity (Wildman–Crippen MR) is 76.0 cm³/mol. The van der Waals surface area contributed by atoms with E-state index in [4.69, 9.17) is 21.4 Å². The average molecular weight is 300 g/mol. The summed E-state index contributed by atoms with van der Waals surface area (Å²) in [5.74, 6) is -1.31. The van der Waals surface area contributed by atoms with Gasteiger partial charge in [-0.05, 0) is 18.1 Å². The Hall–Kier alpha value is -1.75. The Balaban J connectivity index is 2.55. The maximum atomic E-state index is 11.7. The number of carbonyl (C=O) groups excluding carboxylic acids is 1. The van der Waals surface area contributed by atoms with Gasteiger partial charge in [-0.25, -0.2) is 4.79 Å². The molecule has 0 aliphatic carbocycles. The highest BCUT2D eigenvalue weighted by Gasteiger charge is 2.25. The summed E-state index contributed by atoms with van der Waals surface area (Å²) in [5.41, 5.74) is 0. The van der Waals surface area contributed by atoms with E-state index in [1.54, 1.807) is 31.2 Å². The molecule has 0 bridgehead atoms. The molecule has 2 N–H and O–H groups in total. The van der Waals surface area contributed by atoms with Crippen LogP contribution in [0.5, 0.6) is 5.75 Å². The molecule has 0 spiro atoms. The van der Waals surface area contributed by atoms with Crippen molar-refractivity contribution in [1.82, 2.24) is 5.32 Å². The van der Waals surface area contributed by atoms with Crippen LogP contribution in [0.3, 0.4) is 0 Å². The number of para-hydroxylation sites is 1. The molecule has 20 heavy (non-hydrogen) atoms. The zero-order valence-corrected chi connectivity index (χ0v) is 12.2. The van der Waals surface area contributed by atoms with Crippen molar-refractivity contribution in [3.63, 3.8) is 0 Å². The minimum Gasteiger partial charge on any atom is -0.482 e. The third-order valence-corrected chi connectivity index (χ3v) is 3.30. The van der Waals surface area contributed by atoms with Gasteiger partial charge >= 0.3 is 5.97 Å². The lowest BCUT2D eigenvalue weighted by molar-refractivity contribution is -0.143. The van der Waals surface area contributed by atoms with Gasteiger partial charge in [-0.3, -0.25) is 4.79 Å². The molecule has 1 aromatic rings. The highest BCUT2D eigenvalue weighted by Crippen LogP contribution is 2.22. The van der Waals surface area contributed by atoms with Crippen molar-refractivity contribution in [3.8, 4) is 5.75 Å². The highest BCUT2D eigenvalue weighted by molar-refractivity contribution is 6.32. The number of hydrogen-bond acceptors (Lipinski definition) is 3. The first-order chi connectivity index (χ1) is 9.45. The van der Waals surface area contributed by atoms with Crippen molar-refractivity contribution >= 4 is 23.5 Å². The molecule has 6 heteroatoms. The van der Waals surface area contributed by atoms with Crippen LogP contribution < -0.4 is 10.1 Å². The molecule has 0 heterocycles. The quantitative estimate of drug-likeness (QED) is 0.810. The molecule has 5 nitrogen and oxygen atoms in total. The summed E-state index contributed by atoms with van der Waals surface area (Å²) in [5, 5.41) is 11.9. The largest absolute Gasteiger partial charge is 0.482 e. The van der Waals surface area contributed by atoms with Gasteiger partial charge in [-0.2, -0.15) is 0 Å². The zero-order chi connectivity index (χ0) is 15.1. The molecule has 0 aliphatic rings. The number of rotatable bonds is 7. The van der Waals surface area contributed by atoms with Crippen LogP contribution in [-0.2, 0) is 9.59 Å². The van der Waals surface area contributed by atoms with Crippen molar-refractivity contribution < 1.29 is 19.4 Å². The normalized spacial score (nSPS) is 13.3. The van der Waals surface area contributed by atoms with E-state index >= 15 is 0 Å². The predicted octanol–water partition coefficient (Wildman–Crippen LogP) is 2.33. The molecule has 2 atom stereocenters. The third-order valence-electron chi connectivity index (χ3n) is 2.99. The summed E-state index contributed by atoms with van der Waals surface area (Å²) in [6.07, 6.45) is 0.655. The number of aliphatic carboxylic acids is 1. The highest BCUT2D eigenvalue weighted by atomic mass is 35.5. The maximum Gasteiger partial charge on any atom is 0.326 e. The molecule has 110 valence electrons. The maximum absolute atomic E-state index is 11.7. The van der Waals surface area contributed by atoms with Gasteiger partial charge in [0.05, 0.1) is 5.02 Å². The number of carboxylic acids is 1. The lowest BCUT2D eigenvalue weighted by Gasteiger charge is -2.20. The summed E-state index contributed by atoms with van der Waals surface area (Å²) < 4.78 is 5.26. The minimum absolute atomic E-state index is 0.156. The van der Waals surface area contributed by atoms with Gasteiger partial charge < -0.3 is 15.2 Å². The van der Waals surface area contributed by atoms with Gasteiger partial charge in [0, 0.05) is 0 Å². The average Bonchev–Trinajstić information content (AvgIpc) is 2.42. The fourth-order valence-corrected chi connectivity index (χ4v) is 1.79. The first-order valence-corrected chi connectivity index (χ1v) is 6.73. The second-order valence-corrected chi connectivity index (χ2v) is 4.90. The number of carbonyl (C=O) groups is 2. The summed E-state index contributed by atoms with van der Waals surface area (Å²) in [4.78, 5) is 22.8. The minimum atomic E-state index is -1.05. The van der Waals surface area contributed by atoms with Crippen LogP contribution >= 0.6 is 11.6 Å². The van der Waals surface area contributed by atoms with E-state index in [2.05, 4.69) is 5.32 Å². The molecule has 1 rings (SSSR count). The van der Waals surface area contributed by atoms with Gasteiger partial charge in [0.2, 0.25) is 0 Å². The topological polar surface area (TPSA) is 75.6 Å². The molecule has 0 unspecified atom stereocenters. The van der Waals surface area contributed by atoms with Crippen LogP contribution in [0.2, 0.25) is 5.02 Å². The number of ether oxygens (including phenoxy) is 1. The van der Waals surface area contributed by atoms with Crippen molar-refractivity contribution in [3.05, 3.63) is 29.3 Å². The number of halogens is 1. The number of hydrogen-bond donors (Lipinski definition) is 2. The zero-order valence-electron chi connectivity index (χ0n) is 11.4. The van der Waals surface area contributed by atoms with E-state index in [1.165, 1.54) is 0 Å². The number of amides is 1. The van der Waals surface area contributed by atoms with Crippen LogP contribution in [-0.4, -0.2) is 29.6 Å². The number of nitrogens with one attached hydrogen (secondary N) is 1. The van der Waals surface area contributed by atoms with Crippen LogP contribution in [0.4, 0.5) is 0 Å². The van der Waals surface area contributed by atoms with Crippen LogP contribution in [0, 0.1) is 5.92 Å². The first kappa shape index (κ1) is 16.3. The molecule has 0 saturated carbocycles. The van der Waals surface area contributed by atoms with E-state index in [0.717, 1.165) is 0 Å². The standard InChI is InChI=1S/C14H18ClNO4/c1-3-9(2)13(14(18)19)16-12(17)8-20-11-7-5-4-6-10(11)15/h4-7,9,13H,3,8H2,1-2H3,(H,16,17)(H,18,19)/t9-,13-/m0/s1.